The number of aliphatic hydroxyl groups excluding tert-OH is 2. The van der Waals surface area contributed by atoms with Crippen molar-refractivity contribution in [2.24, 2.45) is 23.7 Å². The van der Waals surface area contributed by atoms with Crippen LogP contribution in [0.2, 0.25) is 0 Å². The Labute approximate surface area is 118 Å². The molecular weight excluding hydrogens is 240 g/mol. The standard InChI is InChI=1S/C16H32O3/c1-11(9-17)7-12(2)13(3)8-14(4)16(19-6)15(5)10-18/h8,11-12,14-18H,7,9-10H2,1-6H3/b13-8+. The lowest BCUT2D eigenvalue weighted by Crippen LogP contribution is -2.29. The van der Waals surface area contributed by atoms with Gasteiger partial charge in [0.2, 0.25) is 0 Å². The minimum atomic E-state index is 0.0439. The number of aliphatic hydroxyl groups is 2. The quantitative estimate of drug-likeness (QED) is 0.635. The first-order valence-corrected chi connectivity index (χ1v) is 7.30. The Hall–Kier alpha value is -0.380. The van der Waals surface area contributed by atoms with E-state index in [1.54, 1.807) is 7.11 Å². The molecule has 0 aromatic rings. The van der Waals surface area contributed by atoms with Crippen molar-refractivity contribution in [3.8, 4) is 0 Å². The normalized spacial score (nSPS) is 20.7. The maximum absolute atomic E-state index is 9.25. The van der Waals surface area contributed by atoms with E-state index in [2.05, 4.69) is 33.8 Å². The lowest BCUT2D eigenvalue weighted by atomic mass is 9.87. The maximum Gasteiger partial charge on any atom is 0.0678 e. The molecule has 2 N–H and O–H groups in total. The van der Waals surface area contributed by atoms with Gasteiger partial charge in [-0.3, -0.25) is 0 Å². The van der Waals surface area contributed by atoms with E-state index in [4.69, 9.17) is 9.84 Å². The molecule has 0 rings (SSSR count). The first kappa shape index (κ1) is 18.6. The minimum Gasteiger partial charge on any atom is -0.396 e. The van der Waals surface area contributed by atoms with E-state index in [1.165, 1.54) is 5.57 Å². The molecule has 0 aliphatic heterocycles. The summed E-state index contributed by atoms with van der Waals surface area (Å²) in [6.45, 7) is 10.9. The van der Waals surface area contributed by atoms with Gasteiger partial charge in [-0.05, 0) is 25.2 Å². The summed E-state index contributed by atoms with van der Waals surface area (Å²) in [6, 6.07) is 0. The van der Waals surface area contributed by atoms with Crippen molar-refractivity contribution in [2.75, 3.05) is 20.3 Å². The molecule has 0 saturated carbocycles. The van der Waals surface area contributed by atoms with Gasteiger partial charge in [0.15, 0.2) is 0 Å². The Morgan fingerprint density at radius 2 is 1.68 bits per heavy atom. The second kappa shape index (κ2) is 9.51. The number of ether oxygens (including phenoxy) is 1. The van der Waals surface area contributed by atoms with E-state index in [0.717, 1.165) is 6.42 Å². The van der Waals surface area contributed by atoms with Crippen LogP contribution in [0.3, 0.4) is 0 Å². The Balaban J connectivity index is 4.62. The summed E-state index contributed by atoms with van der Waals surface area (Å²) >= 11 is 0. The second-order valence-electron chi connectivity index (χ2n) is 6.05. The van der Waals surface area contributed by atoms with Crippen molar-refractivity contribution in [3.05, 3.63) is 11.6 Å². The van der Waals surface area contributed by atoms with Crippen LogP contribution in [0.15, 0.2) is 11.6 Å². The molecule has 114 valence electrons. The molecule has 0 heterocycles. The molecule has 0 radical (unpaired) electrons. The highest BCUT2D eigenvalue weighted by molar-refractivity contribution is 5.06. The van der Waals surface area contributed by atoms with Crippen LogP contribution in [0.25, 0.3) is 0 Å². The van der Waals surface area contributed by atoms with Crippen molar-refractivity contribution in [3.63, 3.8) is 0 Å². The highest BCUT2D eigenvalue weighted by Crippen LogP contribution is 2.24. The summed E-state index contributed by atoms with van der Waals surface area (Å²) in [5.41, 5.74) is 1.33. The van der Waals surface area contributed by atoms with Crippen molar-refractivity contribution in [2.45, 2.75) is 47.1 Å². The largest absolute Gasteiger partial charge is 0.396 e. The molecule has 0 aromatic heterocycles. The fourth-order valence-corrected chi connectivity index (χ4v) is 2.61. The zero-order chi connectivity index (χ0) is 15.0. The van der Waals surface area contributed by atoms with Crippen LogP contribution >= 0.6 is 0 Å². The molecule has 0 aliphatic rings. The molecule has 3 nitrogen and oxygen atoms in total. The SMILES string of the molecule is COC(C(C)/C=C(\C)C(C)CC(C)CO)C(C)CO. The smallest absolute Gasteiger partial charge is 0.0678 e. The summed E-state index contributed by atoms with van der Waals surface area (Å²) < 4.78 is 5.50. The van der Waals surface area contributed by atoms with Crippen LogP contribution in [0.4, 0.5) is 0 Å². The first-order chi connectivity index (χ1) is 8.87. The second-order valence-corrected chi connectivity index (χ2v) is 6.05. The van der Waals surface area contributed by atoms with Crippen LogP contribution in [0.1, 0.15) is 41.0 Å². The number of hydrogen-bond acceptors (Lipinski definition) is 3. The molecule has 5 unspecified atom stereocenters. The zero-order valence-electron chi connectivity index (χ0n) is 13.4. The van der Waals surface area contributed by atoms with Crippen molar-refractivity contribution < 1.29 is 14.9 Å². The van der Waals surface area contributed by atoms with Gasteiger partial charge in [0.1, 0.15) is 0 Å². The van der Waals surface area contributed by atoms with E-state index in [0.29, 0.717) is 11.8 Å². The van der Waals surface area contributed by atoms with Crippen LogP contribution in [-0.2, 0) is 4.74 Å². The summed E-state index contributed by atoms with van der Waals surface area (Å²) in [5, 5.41) is 18.4. The Kier molecular flexibility index (Phi) is 9.32. The molecule has 0 aliphatic carbocycles. The van der Waals surface area contributed by atoms with Crippen molar-refractivity contribution in [1.29, 1.82) is 0 Å². The third-order valence-corrected chi connectivity index (χ3v) is 4.01. The lowest BCUT2D eigenvalue weighted by Gasteiger charge is -2.26. The summed E-state index contributed by atoms with van der Waals surface area (Å²) in [6.07, 6.45) is 3.29. The molecule has 0 aromatic carbocycles. The molecule has 0 amide bonds. The van der Waals surface area contributed by atoms with Crippen molar-refractivity contribution >= 4 is 0 Å². The maximum atomic E-state index is 9.25. The van der Waals surface area contributed by atoms with Crippen LogP contribution in [0, 0.1) is 23.7 Å². The first-order valence-electron chi connectivity index (χ1n) is 7.30. The Morgan fingerprint density at radius 1 is 1.11 bits per heavy atom. The van der Waals surface area contributed by atoms with Gasteiger partial charge in [-0.2, -0.15) is 0 Å². The highest BCUT2D eigenvalue weighted by Gasteiger charge is 2.22. The fourth-order valence-electron chi connectivity index (χ4n) is 2.61. The van der Waals surface area contributed by atoms with E-state index in [1.807, 2.05) is 6.92 Å². The van der Waals surface area contributed by atoms with Gasteiger partial charge in [-0.1, -0.05) is 39.3 Å². The van der Waals surface area contributed by atoms with E-state index < -0.39 is 0 Å². The minimum absolute atomic E-state index is 0.0439. The van der Waals surface area contributed by atoms with Gasteiger partial charge in [0, 0.05) is 32.2 Å². The molecule has 0 saturated heterocycles. The predicted molar refractivity (Wildman–Crippen MR) is 80.0 cm³/mol. The molecule has 0 spiro atoms. The third kappa shape index (κ3) is 6.55. The molecule has 19 heavy (non-hydrogen) atoms. The molecule has 5 atom stereocenters. The predicted octanol–water partition coefficient (Wildman–Crippen LogP) is 2.87. The van der Waals surface area contributed by atoms with E-state index >= 15 is 0 Å². The summed E-state index contributed by atoms with van der Waals surface area (Å²) in [7, 11) is 1.70. The third-order valence-electron chi connectivity index (χ3n) is 4.01. The average Bonchev–Trinajstić information content (AvgIpc) is 2.38. The van der Waals surface area contributed by atoms with E-state index in [-0.39, 0.29) is 31.2 Å². The monoisotopic (exact) mass is 272 g/mol. The topological polar surface area (TPSA) is 49.7 Å². The number of methoxy groups -OCH3 is 1. The van der Waals surface area contributed by atoms with Gasteiger partial charge in [-0.15, -0.1) is 0 Å². The lowest BCUT2D eigenvalue weighted by molar-refractivity contribution is 0.0103. The van der Waals surface area contributed by atoms with Crippen LogP contribution < -0.4 is 0 Å². The molecule has 3 heteroatoms. The number of allylic oxidation sites excluding steroid dienone is 1. The number of rotatable bonds is 9. The number of hydrogen-bond donors (Lipinski definition) is 2. The van der Waals surface area contributed by atoms with Gasteiger partial charge in [0.25, 0.3) is 0 Å². The zero-order valence-corrected chi connectivity index (χ0v) is 13.4. The van der Waals surface area contributed by atoms with Crippen LogP contribution in [-0.4, -0.2) is 36.6 Å². The van der Waals surface area contributed by atoms with Gasteiger partial charge < -0.3 is 14.9 Å². The summed E-state index contributed by atoms with van der Waals surface area (Å²) in [5.74, 6) is 1.21. The highest BCUT2D eigenvalue weighted by atomic mass is 16.5. The Bertz CT molecular complexity index is 263. The summed E-state index contributed by atoms with van der Waals surface area (Å²) in [4.78, 5) is 0. The van der Waals surface area contributed by atoms with E-state index in [9.17, 15) is 5.11 Å². The van der Waals surface area contributed by atoms with Gasteiger partial charge >= 0.3 is 0 Å². The fraction of sp³-hybridized carbons (Fsp3) is 0.875. The molecule has 0 fully saturated rings. The molecular formula is C16H32O3. The average molecular weight is 272 g/mol. The van der Waals surface area contributed by atoms with Gasteiger partial charge in [0.05, 0.1) is 6.10 Å². The van der Waals surface area contributed by atoms with Gasteiger partial charge in [-0.25, -0.2) is 0 Å². The Morgan fingerprint density at radius 3 is 2.11 bits per heavy atom. The van der Waals surface area contributed by atoms with Crippen molar-refractivity contribution in [1.82, 2.24) is 0 Å². The van der Waals surface area contributed by atoms with Crippen LogP contribution in [0.5, 0.6) is 0 Å². The molecule has 0 bridgehead atoms.